The summed E-state index contributed by atoms with van der Waals surface area (Å²) in [6.07, 6.45) is -5.17. The highest BCUT2D eigenvalue weighted by molar-refractivity contribution is 5.92. The van der Waals surface area contributed by atoms with Crippen LogP contribution >= 0.6 is 0 Å². The van der Waals surface area contributed by atoms with E-state index < -0.39 is 46.7 Å². The van der Waals surface area contributed by atoms with Gasteiger partial charge < -0.3 is 34.6 Å². The molecule has 266 valence electrons. The zero-order valence-corrected chi connectivity index (χ0v) is 26.9. The van der Waals surface area contributed by atoms with Gasteiger partial charge in [0, 0.05) is 61.6 Å². The SMILES string of the molecule is O=C(/C=C/c1cc(C(F)(F)F)cc(C(F)(F)F)c1)N1CCC(O)(C(O)CN2CCC(c3c[nH]c4ccc(N5CCOCC5)cc34)CC2)CC1. The largest absolute Gasteiger partial charge is 0.416 e. The van der Waals surface area contributed by atoms with Crippen LogP contribution in [0.3, 0.4) is 0 Å². The van der Waals surface area contributed by atoms with Crippen molar-refractivity contribution in [3.05, 3.63) is 70.9 Å². The number of likely N-dealkylation sites (tertiary alicyclic amines) is 2. The van der Waals surface area contributed by atoms with Crippen LogP contribution in [-0.2, 0) is 21.9 Å². The number of morpholine rings is 1. The van der Waals surface area contributed by atoms with E-state index in [1.807, 2.05) is 0 Å². The van der Waals surface area contributed by atoms with Crippen molar-refractivity contribution in [1.82, 2.24) is 14.8 Å². The molecule has 3 N–H and O–H groups in total. The number of ether oxygens (including phenoxy) is 1. The number of carbonyl (C=O) groups excluding carboxylic acids is 1. The molecule has 1 aromatic heterocycles. The number of halogens is 6. The molecule has 1 unspecified atom stereocenters. The minimum atomic E-state index is -4.99. The van der Waals surface area contributed by atoms with Gasteiger partial charge in [-0.25, -0.2) is 0 Å². The first-order valence-electron chi connectivity index (χ1n) is 16.5. The summed E-state index contributed by atoms with van der Waals surface area (Å²) in [4.78, 5) is 22.0. The van der Waals surface area contributed by atoms with Crippen molar-refractivity contribution < 1.29 is 46.1 Å². The highest BCUT2D eigenvalue weighted by Gasteiger charge is 2.41. The summed E-state index contributed by atoms with van der Waals surface area (Å²) in [7, 11) is 0. The molecule has 0 saturated carbocycles. The summed E-state index contributed by atoms with van der Waals surface area (Å²) in [5.41, 5.74) is -1.22. The number of nitrogens with one attached hydrogen (secondary N) is 1. The summed E-state index contributed by atoms with van der Waals surface area (Å²) in [6.45, 7) is 5.06. The first-order chi connectivity index (χ1) is 23.2. The molecular weight excluding hydrogens is 654 g/mol. The second-order valence-electron chi connectivity index (χ2n) is 13.3. The van der Waals surface area contributed by atoms with E-state index in [0.717, 1.165) is 69.9 Å². The van der Waals surface area contributed by atoms with Crippen LogP contribution in [0.25, 0.3) is 17.0 Å². The smallest absolute Gasteiger partial charge is 0.389 e. The minimum Gasteiger partial charge on any atom is -0.389 e. The van der Waals surface area contributed by atoms with Gasteiger partial charge in [0.1, 0.15) is 0 Å². The first-order valence-corrected chi connectivity index (χ1v) is 16.5. The first kappa shape index (κ1) is 35.2. The number of aliphatic hydroxyl groups excluding tert-OH is 1. The van der Waals surface area contributed by atoms with Crippen LogP contribution in [0, 0.1) is 0 Å². The monoisotopic (exact) mass is 694 g/mol. The zero-order valence-electron chi connectivity index (χ0n) is 26.9. The van der Waals surface area contributed by atoms with Gasteiger partial charge in [-0.15, -0.1) is 0 Å². The molecule has 0 radical (unpaired) electrons. The van der Waals surface area contributed by atoms with Crippen LogP contribution in [0.5, 0.6) is 0 Å². The van der Waals surface area contributed by atoms with Crippen LogP contribution in [-0.4, -0.2) is 102 Å². The number of nitrogens with zero attached hydrogens (tertiary/aromatic N) is 3. The highest BCUT2D eigenvalue weighted by atomic mass is 19.4. The molecule has 3 aliphatic heterocycles. The van der Waals surface area contributed by atoms with Crippen LogP contribution in [0.4, 0.5) is 32.0 Å². The summed E-state index contributed by atoms with van der Waals surface area (Å²) in [6, 6.07) is 7.64. The van der Waals surface area contributed by atoms with Gasteiger partial charge in [0.15, 0.2) is 0 Å². The lowest BCUT2D eigenvalue weighted by molar-refractivity contribution is -0.143. The van der Waals surface area contributed by atoms with E-state index >= 15 is 0 Å². The summed E-state index contributed by atoms with van der Waals surface area (Å²) in [5.74, 6) is -0.262. The Morgan fingerprint density at radius 2 is 1.57 bits per heavy atom. The van der Waals surface area contributed by atoms with E-state index in [4.69, 9.17) is 4.74 Å². The van der Waals surface area contributed by atoms with Crippen LogP contribution in [0.1, 0.15) is 53.9 Å². The standard InChI is InChI=1S/C35H40F6N4O4/c36-34(37,38)25-17-23(18-26(19-25)35(39,40)41)1-4-32(47)45-11-7-33(48,8-12-45)31(46)22-43-9-5-24(6-10-43)29-21-42-30-3-2-27(20-28(29)30)44-13-15-49-16-14-44/h1-4,17-21,24,31,42,46,48H,5-16,22H2/b4-1+. The maximum absolute atomic E-state index is 13.2. The number of amides is 1. The highest BCUT2D eigenvalue weighted by Crippen LogP contribution is 2.38. The van der Waals surface area contributed by atoms with E-state index in [1.165, 1.54) is 21.5 Å². The van der Waals surface area contributed by atoms with Crippen molar-refractivity contribution in [2.75, 3.05) is 63.9 Å². The van der Waals surface area contributed by atoms with Crippen LogP contribution in [0.2, 0.25) is 0 Å². The van der Waals surface area contributed by atoms with Gasteiger partial charge in [-0.05, 0) is 98.3 Å². The van der Waals surface area contributed by atoms with Gasteiger partial charge in [0.05, 0.1) is 36.0 Å². The average Bonchev–Trinajstić information content (AvgIpc) is 3.51. The predicted molar refractivity (Wildman–Crippen MR) is 172 cm³/mol. The Balaban J connectivity index is 1.01. The Kier molecular flexibility index (Phi) is 10.0. The fourth-order valence-electron chi connectivity index (χ4n) is 7.12. The predicted octanol–water partition coefficient (Wildman–Crippen LogP) is 5.65. The molecule has 3 fully saturated rings. The molecule has 6 rings (SSSR count). The molecule has 2 aromatic carbocycles. The number of hydrogen-bond donors (Lipinski definition) is 3. The molecule has 0 aliphatic carbocycles. The third-order valence-corrected chi connectivity index (χ3v) is 10.1. The van der Waals surface area contributed by atoms with Crippen LogP contribution in [0.15, 0.2) is 48.7 Å². The quantitative estimate of drug-likeness (QED) is 0.219. The van der Waals surface area contributed by atoms with Gasteiger partial charge in [-0.1, -0.05) is 0 Å². The molecule has 0 bridgehead atoms. The maximum Gasteiger partial charge on any atom is 0.416 e. The number of H-pyrrole nitrogens is 1. The van der Waals surface area contributed by atoms with Crippen molar-refractivity contribution in [3.8, 4) is 0 Å². The van der Waals surface area contributed by atoms with Gasteiger partial charge in [-0.2, -0.15) is 26.3 Å². The number of carbonyl (C=O) groups is 1. The van der Waals surface area contributed by atoms with Gasteiger partial charge in [-0.3, -0.25) is 4.79 Å². The third kappa shape index (κ3) is 8.08. The molecule has 0 spiro atoms. The molecule has 4 heterocycles. The van der Waals surface area contributed by atoms with Gasteiger partial charge >= 0.3 is 12.4 Å². The zero-order chi connectivity index (χ0) is 35.0. The summed E-state index contributed by atoms with van der Waals surface area (Å²) >= 11 is 0. The van der Waals surface area contributed by atoms with Gasteiger partial charge in [0.2, 0.25) is 5.91 Å². The van der Waals surface area contributed by atoms with Crippen molar-refractivity contribution in [1.29, 1.82) is 0 Å². The Hall–Kier alpha value is -3.59. The summed E-state index contributed by atoms with van der Waals surface area (Å²) < 4.78 is 84.6. The second kappa shape index (κ2) is 14.0. The number of aromatic nitrogens is 1. The molecule has 3 aromatic rings. The molecule has 14 heteroatoms. The number of anilines is 1. The number of alkyl halides is 6. The molecule has 3 aliphatic rings. The molecule has 1 atom stereocenters. The number of fused-ring (bicyclic) bond motifs is 1. The third-order valence-electron chi connectivity index (χ3n) is 10.1. The number of β-amino-alcohol motifs (C(OH)–C–C–N with tert-alkyl or cyclic N) is 1. The number of rotatable bonds is 7. The van der Waals surface area contributed by atoms with E-state index in [0.29, 0.717) is 18.1 Å². The van der Waals surface area contributed by atoms with E-state index in [2.05, 4.69) is 39.2 Å². The molecular formula is C35H40F6N4O4. The molecule has 49 heavy (non-hydrogen) atoms. The molecule has 3 saturated heterocycles. The normalized spacial score (nSPS) is 20.7. The van der Waals surface area contributed by atoms with Crippen LogP contribution < -0.4 is 4.90 Å². The lowest BCUT2D eigenvalue weighted by atomic mass is 9.84. The number of hydrogen-bond acceptors (Lipinski definition) is 6. The molecule has 1 amide bonds. The van der Waals surface area contributed by atoms with E-state index in [9.17, 15) is 41.4 Å². The Morgan fingerprint density at radius 3 is 2.18 bits per heavy atom. The van der Waals surface area contributed by atoms with Crippen molar-refractivity contribution >= 4 is 28.6 Å². The van der Waals surface area contributed by atoms with Crippen molar-refractivity contribution in [2.24, 2.45) is 0 Å². The lowest BCUT2D eigenvalue weighted by Gasteiger charge is -2.43. The fourth-order valence-corrected chi connectivity index (χ4v) is 7.12. The second-order valence-corrected chi connectivity index (χ2v) is 13.3. The Bertz CT molecular complexity index is 1620. The van der Waals surface area contributed by atoms with E-state index in [1.54, 1.807) is 0 Å². The topological polar surface area (TPSA) is 92.3 Å². The number of aliphatic hydroxyl groups is 2. The fraction of sp³-hybridized carbons (Fsp3) is 0.514. The summed E-state index contributed by atoms with van der Waals surface area (Å²) in [5, 5.41) is 23.6. The number of aromatic amines is 1. The Morgan fingerprint density at radius 1 is 0.939 bits per heavy atom. The number of piperidine rings is 2. The average molecular weight is 695 g/mol. The molecule has 8 nitrogen and oxygen atoms in total. The number of benzene rings is 2. The maximum atomic E-state index is 13.2. The van der Waals surface area contributed by atoms with Crippen molar-refractivity contribution in [3.63, 3.8) is 0 Å². The lowest BCUT2D eigenvalue weighted by Crippen LogP contribution is -2.56. The minimum absolute atomic E-state index is 0.0317. The van der Waals surface area contributed by atoms with Crippen molar-refractivity contribution in [2.45, 2.75) is 55.7 Å². The Labute approximate surface area is 279 Å². The van der Waals surface area contributed by atoms with E-state index in [-0.39, 0.29) is 38.5 Å². The van der Waals surface area contributed by atoms with Gasteiger partial charge in [0.25, 0.3) is 0 Å².